The maximum Gasteiger partial charge on any atom is 0.262 e. The van der Waals surface area contributed by atoms with Crippen LogP contribution in [0.1, 0.15) is 12.5 Å². The SMILES string of the molecule is CCOCCOc1ccc(NC(=O)COc2ccc(Br)c(C)c2)cc1. The summed E-state index contributed by atoms with van der Waals surface area (Å²) in [7, 11) is 0. The maximum atomic E-state index is 12.0. The molecule has 1 amide bonds. The van der Waals surface area contributed by atoms with Crippen LogP contribution in [0, 0.1) is 6.92 Å². The number of rotatable bonds is 9. The van der Waals surface area contributed by atoms with Crippen LogP contribution in [0.25, 0.3) is 0 Å². The highest BCUT2D eigenvalue weighted by Crippen LogP contribution is 2.21. The minimum Gasteiger partial charge on any atom is -0.491 e. The van der Waals surface area contributed by atoms with Gasteiger partial charge in [0.05, 0.1) is 6.61 Å². The molecule has 2 aromatic carbocycles. The van der Waals surface area contributed by atoms with Gasteiger partial charge in [-0.1, -0.05) is 15.9 Å². The van der Waals surface area contributed by atoms with Crippen molar-refractivity contribution in [2.75, 3.05) is 31.7 Å². The molecular formula is C19H22BrNO4. The lowest BCUT2D eigenvalue weighted by Crippen LogP contribution is -2.20. The fraction of sp³-hybridized carbons (Fsp3) is 0.316. The molecule has 2 rings (SSSR count). The summed E-state index contributed by atoms with van der Waals surface area (Å²) in [5.74, 6) is 1.18. The molecule has 0 spiro atoms. The molecule has 0 saturated heterocycles. The van der Waals surface area contributed by atoms with Crippen molar-refractivity contribution in [2.24, 2.45) is 0 Å². The van der Waals surface area contributed by atoms with E-state index in [2.05, 4.69) is 21.2 Å². The summed E-state index contributed by atoms with van der Waals surface area (Å²) in [6.07, 6.45) is 0. The zero-order valence-corrected chi connectivity index (χ0v) is 16.0. The highest BCUT2D eigenvalue weighted by Gasteiger charge is 2.05. The molecule has 2 aromatic rings. The number of carbonyl (C=O) groups excluding carboxylic acids is 1. The summed E-state index contributed by atoms with van der Waals surface area (Å²) in [5.41, 5.74) is 1.75. The summed E-state index contributed by atoms with van der Waals surface area (Å²) in [5, 5.41) is 2.79. The van der Waals surface area contributed by atoms with Gasteiger partial charge in [0, 0.05) is 16.8 Å². The van der Waals surface area contributed by atoms with E-state index in [-0.39, 0.29) is 12.5 Å². The van der Waals surface area contributed by atoms with Crippen molar-refractivity contribution in [3.63, 3.8) is 0 Å². The Balaban J connectivity index is 1.77. The van der Waals surface area contributed by atoms with Crippen LogP contribution < -0.4 is 14.8 Å². The van der Waals surface area contributed by atoms with Crippen LogP contribution in [0.2, 0.25) is 0 Å². The van der Waals surface area contributed by atoms with Crippen LogP contribution in [0.3, 0.4) is 0 Å². The van der Waals surface area contributed by atoms with Crippen molar-refractivity contribution < 1.29 is 19.0 Å². The Morgan fingerprint density at radius 1 is 1.04 bits per heavy atom. The molecule has 0 aliphatic rings. The fourth-order valence-electron chi connectivity index (χ4n) is 2.05. The minimum absolute atomic E-state index is 0.0479. The predicted molar refractivity (Wildman–Crippen MR) is 101 cm³/mol. The van der Waals surface area contributed by atoms with E-state index in [1.807, 2.05) is 32.0 Å². The molecule has 0 aromatic heterocycles. The van der Waals surface area contributed by atoms with Crippen molar-refractivity contribution in [1.29, 1.82) is 0 Å². The van der Waals surface area contributed by atoms with Crippen LogP contribution >= 0.6 is 15.9 Å². The Kier molecular flexibility index (Phi) is 7.76. The van der Waals surface area contributed by atoms with Gasteiger partial charge in [0.15, 0.2) is 6.61 Å². The maximum absolute atomic E-state index is 12.0. The van der Waals surface area contributed by atoms with Gasteiger partial charge >= 0.3 is 0 Å². The number of carbonyl (C=O) groups is 1. The first-order valence-electron chi connectivity index (χ1n) is 8.08. The minimum atomic E-state index is -0.217. The Morgan fingerprint density at radius 3 is 2.44 bits per heavy atom. The Morgan fingerprint density at radius 2 is 1.76 bits per heavy atom. The first-order valence-corrected chi connectivity index (χ1v) is 8.87. The van der Waals surface area contributed by atoms with Crippen molar-refractivity contribution >= 4 is 27.5 Å². The summed E-state index contributed by atoms with van der Waals surface area (Å²) in [6, 6.07) is 12.8. The number of aryl methyl sites for hydroxylation is 1. The second-order valence-corrected chi connectivity index (χ2v) is 6.17. The molecule has 0 unspecified atom stereocenters. The smallest absolute Gasteiger partial charge is 0.262 e. The van der Waals surface area contributed by atoms with E-state index in [1.54, 1.807) is 24.3 Å². The third-order valence-corrected chi connectivity index (χ3v) is 4.23. The molecule has 0 radical (unpaired) electrons. The number of benzene rings is 2. The third kappa shape index (κ3) is 6.76. The Hall–Kier alpha value is -2.05. The van der Waals surface area contributed by atoms with Crippen molar-refractivity contribution in [3.05, 3.63) is 52.5 Å². The van der Waals surface area contributed by atoms with Crippen LogP contribution in [-0.4, -0.2) is 32.3 Å². The van der Waals surface area contributed by atoms with E-state index >= 15 is 0 Å². The molecular weight excluding hydrogens is 386 g/mol. The number of hydrogen-bond donors (Lipinski definition) is 1. The van der Waals surface area contributed by atoms with Crippen molar-refractivity contribution in [1.82, 2.24) is 0 Å². The number of amides is 1. The van der Waals surface area contributed by atoms with Crippen LogP contribution in [0.4, 0.5) is 5.69 Å². The molecule has 5 nitrogen and oxygen atoms in total. The summed E-state index contributed by atoms with van der Waals surface area (Å²) in [6.45, 7) is 5.60. The summed E-state index contributed by atoms with van der Waals surface area (Å²) < 4.78 is 17.2. The lowest BCUT2D eigenvalue weighted by molar-refractivity contribution is -0.118. The molecule has 134 valence electrons. The second-order valence-electron chi connectivity index (χ2n) is 5.32. The molecule has 0 saturated carbocycles. The van der Waals surface area contributed by atoms with Crippen molar-refractivity contribution in [3.8, 4) is 11.5 Å². The lowest BCUT2D eigenvalue weighted by Gasteiger charge is -2.10. The fourth-order valence-corrected chi connectivity index (χ4v) is 2.30. The first kappa shape index (κ1) is 19.3. The van der Waals surface area contributed by atoms with Gasteiger partial charge in [-0.15, -0.1) is 0 Å². The Bertz CT molecular complexity index is 688. The van der Waals surface area contributed by atoms with Crippen molar-refractivity contribution in [2.45, 2.75) is 13.8 Å². The second kappa shape index (κ2) is 10.1. The molecule has 0 aliphatic carbocycles. The van der Waals surface area contributed by atoms with E-state index in [9.17, 15) is 4.79 Å². The zero-order valence-electron chi connectivity index (χ0n) is 14.4. The largest absolute Gasteiger partial charge is 0.491 e. The number of ether oxygens (including phenoxy) is 3. The van der Waals surface area contributed by atoms with Crippen LogP contribution in [0.5, 0.6) is 11.5 Å². The van der Waals surface area contributed by atoms with E-state index < -0.39 is 0 Å². The molecule has 6 heteroatoms. The van der Waals surface area contributed by atoms with E-state index in [0.717, 1.165) is 15.8 Å². The predicted octanol–water partition coefficient (Wildman–Crippen LogP) is 4.19. The molecule has 0 bridgehead atoms. The summed E-state index contributed by atoms with van der Waals surface area (Å²) >= 11 is 3.43. The van der Waals surface area contributed by atoms with Crippen LogP contribution in [0.15, 0.2) is 46.9 Å². The molecule has 0 heterocycles. The molecule has 1 N–H and O–H groups in total. The standard InChI is InChI=1S/C19H22BrNO4/c1-3-23-10-11-24-16-6-4-15(5-7-16)21-19(22)13-25-17-8-9-18(20)14(2)12-17/h4-9,12H,3,10-11,13H2,1-2H3,(H,21,22). The van der Waals surface area contributed by atoms with Gasteiger partial charge in [-0.2, -0.15) is 0 Å². The van der Waals surface area contributed by atoms with Gasteiger partial charge in [-0.05, 0) is 61.9 Å². The normalized spacial score (nSPS) is 10.4. The topological polar surface area (TPSA) is 56.8 Å². The van der Waals surface area contributed by atoms with Gasteiger partial charge in [0.1, 0.15) is 18.1 Å². The zero-order chi connectivity index (χ0) is 18.1. The quantitative estimate of drug-likeness (QED) is 0.633. The third-order valence-electron chi connectivity index (χ3n) is 3.34. The summed E-state index contributed by atoms with van der Waals surface area (Å²) in [4.78, 5) is 12.0. The van der Waals surface area contributed by atoms with Gasteiger partial charge in [-0.3, -0.25) is 4.79 Å². The molecule has 0 atom stereocenters. The molecule has 0 fully saturated rings. The highest BCUT2D eigenvalue weighted by atomic mass is 79.9. The average Bonchev–Trinajstić information content (AvgIpc) is 2.61. The lowest BCUT2D eigenvalue weighted by atomic mass is 10.2. The molecule has 25 heavy (non-hydrogen) atoms. The highest BCUT2D eigenvalue weighted by molar-refractivity contribution is 9.10. The van der Waals surface area contributed by atoms with Gasteiger partial charge in [0.25, 0.3) is 5.91 Å². The monoisotopic (exact) mass is 407 g/mol. The Labute approximate surface area is 156 Å². The number of nitrogens with one attached hydrogen (secondary N) is 1. The van der Waals surface area contributed by atoms with Gasteiger partial charge < -0.3 is 19.5 Å². The molecule has 0 aliphatic heterocycles. The number of halogens is 1. The van der Waals surface area contributed by atoms with Gasteiger partial charge in [-0.25, -0.2) is 0 Å². The van der Waals surface area contributed by atoms with E-state index in [1.165, 1.54) is 0 Å². The van der Waals surface area contributed by atoms with E-state index in [0.29, 0.717) is 31.3 Å². The van der Waals surface area contributed by atoms with Crippen LogP contribution in [-0.2, 0) is 9.53 Å². The van der Waals surface area contributed by atoms with E-state index in [4.69, 9.17) is 14.2 Å². The van der Waals surface area contributed by atoms with Gasteiger partial charge in [0.2, 0.25) is 0 Å². The number of hydrogen-bond acceptors (Lipinski definition) is 4. The average molecular weight is 408 g/mol. The number of anilines is 1. The first-order chi connectivity index (χ1) is 12.1.